The minimum atomic E-state index is -1.50. The fourth-order valence-corrected chi connectivity index (χ4v) is 4.39. The number of carbonyl (C=O) groups excluding carboxylic acids is 2. The van der Waals surface area contributed by atoms with Crippen molar-refractivity contribution in [2.75, 3.05) is 49.7 Å². The van der Waals surface area contributed by atoms with Gasteiger partial charge < -0.3 is 20.2 Å². The molecule has 0 radical (unpaired) electrons. The van der Waals surface area contributed by atoms with Gasteiger partial charge in [-0.15, -0.1) is 78.0 Å². The summed E-state index contributed by atoms with van der Waals surface area (Å²) < 4.78 is 0. The van der Waals surface area contributed by atoms with Gasteiger partial charge in [0.1, 0.15) is 0 Å². The third-order valence-electron chi connectivity index (χ3n) is 3.83. The molecule has 0 bridgehead atoms. The van der Waals surface area contributed by atoms with Crippen molar-refractivity contribution in [3.05, 3.63) is 41.1 Å². The molecule has 2 N–H and O–H groups in total. The van der Waals surface area contributed by atoms with Gasteiger partial charge in [-0.3, -0.25) is 9.59 Å². The molecular weight excluding hydrogens is 550 g/mol. The molecule has 0 saturated heterocycles. The van der Waals surface area contributed by atoms with Gasteiger partial charge in [-0.1, -0.05) is 0 Å². The Labute approximate surface area is 213 Å². The van der Waals surface area contributed by atoms with Crippen LogP contribution >= 0.6 is 57.7 Å². The van der Waals surface area contributed by atoms with Gasteiger partial charge in [-0.25, -0.2) is 0 Å². The van der Waals surface area contributed by atoms with Gasteiger partial charge in [0.15, 0.2) is 0 Å². The molecule has 0 saturated carbocycles. The molecule has 12 nitrogen and oxygen atoms in total. The van der Waals surface area contributed by atoms with E-state index in [2.05, 4.69) is 0 Å². The number of carbonyl (C=O) groups is 2. The van der Waals surface area contributed by atoms with Crippen LogP contribution in [-0.2, 0) is 0 Å². The number of thiophene rings is 1. The highest BCUT2D eigenvalue weighted by Crippen LogP contribution is 2.30. The Bertz CT molecular complexity index is 703. The van der Waals surface area contributed by atoms with Crippen molar-refractivity contribution in [3.8, 4) is 0 Å². The predicted octanol–water partition coefficient (Wildman–Crippen LogP) is 3.51. The number of amides is 2. The zero-order valence-electron chi connectivity index (χ0n) is 17.7. The Morgan fingerprint density at radius 3 is 1.15 bits per heavy atom. The lowest BCUT2D eigenvalue weighted by Gasteiger charge is -2.20. The van der Waals surface area contributed by atoms with Crippen LogP contribution in [-0.4, -0.2) is 91.9 Å². The van der Waals surface area contributed by atoms with E-state index < -0.39 is 10.2 Å². The second-order valence-electron chi connectivity index (χ2n) is 5.83. The minimum absolute atomic E-state index is 0.146. The standard InChI is InChI=1S/C16H22Cl4N2O2S.2HNO3/c1-11-12(2)14(16(24)22(9-5-19)10-6-20)25-13(11)15(23)21(7-3-17)8-4-18;2*2-1(3)4/h3-10H2,1-2H3;2*(H,2,3,4). The molecule has 0 fully saturated rings. The molecule has 33 heavy (non-hydrogen) atoms. The number of alkyl halides is 4. The van der Waals surface area contributed by atoms with E-state index in [1.165, 1.54) is 11.3 Å². The maximum Gasteiger partial charge on any atom is 0.291 e. The summed E-state index contributed by atoms with van der Waals surface area (Å²) in [4.78, 5) is 46.7. The first kappa shape index (κ1) is 33.4. The van der Waals surface area contributed by atoms with Crippen LogP contribution in [0.4, 0.5) is 0 Å². The Morgan fingerprint density at radius 1 is 0.758 bits per heavy atom. The third-order valence-corrected chi connectivity index (χ3v) is 5.87. The second-order valence-corrected chi connectivity index (χ2v) is 8.36. The van der Waals surface area contributed by atoms with Crippen molar-refractivity contribution < 1.29 is 30.2 Å². The van der Waals surface area contributed by atoms with Crippen LogP contribution in [0, 0.1) is 34.1 Å². The van der Waals surface area contributed by atoms with Crippen LogP contribution in [0.3, 0.4) is 0 Å². The van der Waals surface area contributed by atoms with Gasteiger partial charge in [-0.2, -0.15) is 0 Å². The Hall–Kier alpha value is -1.80. The summed E-state index contributed by atoms with van der Waals surface area (Å²) in [5, 5.41) is 27.3. The normalized spacial score (nSPS) is 9.64. The first-order valence-electron chi connectivity index (χ1n) is 8.98. The van der Waals surface area contributed by atoms with E-state index in [9.17, 15) is 9.59 Å². The van der Waals surface area contributed by atoms with E-state index in [0.29, 0.717) is 59.5 Å². The highest BCUT2D eigenvalue weighted by molar-refractivity contribution is 7.16. The minimum Gasteiger partial charge on any atom is -0.336 e. The summed E-state index contributed by atoms with van der Waals surface area (Å²) in [5.41, 5.74) is 1.62. The quantitative estimate of drug-likeness (QED) is 0.243. The monoisotopic (exact) mass is 572 g/mol. The SMILES string of the molecule is Cc1c(C(=O)N(CCCl)CCCl)sc(C(=O)N(CCCl)CCCl)c1C.O=[N+]([O-])O.O=[N+]([O-])O. The number of hydrogen-bond acceptors (Lipinski definition) is 7. The van der Waals surface area contributed by atoms with Crippen LogP contribution in [0.5, 0.6) is 0 Å². The summed E-state index contributed by atoms with van der Waals surface area (Å²) in [6, 6.07) is 0. The molecule has 2 amide bonds. The average Bonchev–Trinajstić information content (AvgIpc) is 3.00. The Kier molecular flexibility index (Phi) is 18.8. The van der Waals surface area contributed by atoms with Gasteiger partial charge >= 0.3 is 0 Å². The molecule has 0 atom stereocenters. The van der Waals surface area contributed by atoms with Gasteiger partial charge in [0.25, 0.3) is 22.0 Å². The fourth-order valence-electron chi connectivity index (χ4n) is 2.33. The van der Waals surface area contributed by atoms with Gasteiger partial charge in [0, 0.05) is 49.7 Å². The average molecular weight is 574 g/mol. The van der Waals surface area contributed by atoms with Crippen molar-refractivity contribution in [1.29, 1.82) is 0 Å². The first-order valence-corrected chi connectivity index (χ1v) is 11.9. The molecule has 1 rings (SSSR count). The molecule has 0 aliphatic carbocycles. The topological polar surface area (TPSA) is 167 Å². The molecule has 1 aromatic rings. The summed E-state index contributed by atoms with van der Waals surface area (Å²) in [5.74, 6) is 1.03. The third kappa shape index (κ3) is 13.5. The summed E-state index contributed by atoms with van der Waals surface area (Å²) >= 11 is 24.3. The molecule has 190 valence electrons. The summed E-state index contributed by atoms with van der Waals surface area (Å²) in [7, 11) is 0. The molecule has 1 aromatic heterocycles. The lowest BCUT2D eigenvalue weighted by Crippen LogP contribution is -2.34. The maximum absolute atomic E-state index is 12.8. The molecule has 0 spiro atoms. The molecule has 1 heterocycles. The van der Waals surface area contributed by atoms with E-state index in [1.54, 1.807) is 9.80 Å². The summed E-state index contributed by atoms with van der Waals surface area (Å²) in [6.07, 6.45) is 0. The van der Waals surface area contributed by atoms with Crippen molar-refractivity contribution in [2.24, 2.45) is 0 Å². The largest absolute Gasteiger partial charge is 0.336 e. The smallest absolute Gasteiger partial charge is 0.291 e. The highest BCUT2D eigenvalue weighted by Gasteiger charge is 2.27. The van der Waals surface area contributed by atoms with E-state index in [1.807, 2.05) is 13.8 Å². The van der Waals surface area contributed by atoms with Crippen molar-refractivity contribution in [2.45, 2.75) is 13.8 Å². The van der Waals surface area contributed by atoms with Crippen molar-refractivity contribution in [1.82, 2.24) is 9.80 Å². The van der Waals surface area contributed by atoms with Crippen LogP contribution < -0.4 is 0 Å². The van der Waals surface area contributed by atoms with E-state index >= 15 is 0 Å². The molecule has 0 aliphatic heterocycles. The molecule has 0 aliphatic rings. The number of rotatable bonds is 10. The lowest BCUT2D eigenvalue weighted by molar-refractivity contribution is -0.742. The zero-order chi connectivity index (χ0) is 26.1. The van der Waals surface area contributed by atoms with E-state index in [0.717, 1.165) is 11.1 Å². The van der Waals surface area contributed by atoms with E-state index in [-0.39, 0.29) is 11.8 Å². The summed E-state index contributed by atoms with van der Waals surface area (Å²) in [6.45, 7) is 5.36. The molecular formula is C16H24Cl4N4O8S. The molecule has 0 aromatic carbocycles. The van der Waals surface area contributed by atoms with Gasteiger partial charge in [0.05, 0.1) is 9.75 Å². The van der Waals surface area contributed by atoms with Crippen LogP contribution in [0.15, 0.2) is 0 Å². The molecule has 0 unspecified atom stereocenters. The van der Waals surface area contributed by atoms with Gasteiger partial charge in [-0.05, 0) is 25.0 Å². The Balaban J connectivity index is 0. The first-order chi connectivity index (χ1) is 15.4. The van der Waals surface area contributed by atoms with Crippen molar-refractivity contribution >= 4 is 69.6 Å². The van der Waals surface area contributed by atoms with Crippen LogP contribution in [0.2, 0.25) is 0 Å². The fraction of sp³-hybridized carbons (Fsp3) is 0.625. The lowest BCUT2D eigenvalue weighted by atomic mass is 10.1. The van der Waals surface area contributed by atoms with Crippen molar-refractivity contribution in [3.63, 3.8) is 0 Å². The number of halogens is 4. The number of hydrogen-bond donors (Lipinski definition) is 2. The highest BCUT2D eigenvalue weighted by atomic mass is 35.5. The predicted molar refractivity (Wildman–Crippen MR) is 126 cm³/mol. The van der Waals surface area contributed by atoms with Crippen LogP contribution in [0.1, 0.15) is 30.5 Å². The number of nitrogens with zero attached hydrogens (tertiary/aromatic N) is 4. The zero-order valence-corrected chi connectivity index (χ0v) is 21.5. The van der Waals surface area contributed by atoms with Gasteiger partial charge in [0.2, 0.25) is 0 Å². The maximum atomic E-state index is 12.8. The van der Waals surface area contributed by atoms with E-state index in [4.69, 9.17) is 77.0 Å². The Morgan fingerprint density at radius 2 is 0.970 bits per heavy atom. The second kappa shape index (κ2) is 18.6. The molecule has 17 heteroatoms. The van der Waals surface area contributed by atoms with Crippen LogP contribution in [0.25, 0.3) is 0 Å².